The highest BCUT2D eigenvalue weighted by Crippen LogP contribution is 2.16. The van der Waals surface area contributed by atoms with Crippen LogP contribution in [0.4, 0.5) is 11.8 Å². The summed E-state index contributed by atoms with van der Waals surface area (Å²) in [5.41, 5.74) is 0.925. The van der Waals surface area contributed by atoms with E-state index in [0.717, 1.165) is 12.1 Å². The molecule has 0 aliphatic rings. The van der Waals surface area contributed by atoms with Crippen molar-refractivity contribution in [1.29, 1.82) is 0 Å². The van der Waals surface area contributed by atoms with E-state index in [0.29, 0.717) is 18.3 Å². The second kappa shape index (κ2) is 6.32. The minimum atomic E-state index is -0.520. The molecular formula is C12H16N4OS. The molecule has 0 aromatic carbocycles. The molecule has 0 saturated carbocycles. The molecule has 2 heterocycles. The van der Waals surface area contributed by atoms with Gasteiger partial charge in [0.1, 0.15) is 5.82 Å². The van der Waals surface area contributed by atoms with Crippen molar-refractivity contribution in [2.24, 2.45) is 0 Å². The zero-order valence-corrected chi connectivity index (χ0v) is 10.9. The molecular weight excluding hydrogens is 248 g/mol. The fourth-order valence-electron chi connectivity index (χ4n) is 1.48. The SMILES string of the molecule is CCNc1nccc(NCC(O)c2ccsc2)n1. The molecule has 2 aromatic heterocycles. The van der Waals surface area contributed by atoms with Gasteiger partial charge in [0.05, 0.1) is 6.10 Å². The van der Waals surface area contributed by atoms with Crippen LogP contribution < -0.4 is 10.6 Å². The molecule has 0 saturated heterocycles. The fraction of sp³-hybridized carbons (Fsp3) is 0.333. The summed E-state index contributed by atoms with van der Waals surface area (Å²) >= 11 is 1.58. The Hall–Kier alpha value is -1.66. The van der Waals surface area contributed by atoms with Crippen LogP contribution in [0.1, 0.15) is 18.6 Å². The van der Waals surface area contributed by atoms with E-state index in [9.17, 15) is 5.11 Å². The van der Waals surface area contributed by atoms with Crippen molar-refractivity contribution in [2.45, 2.75) is 13.0 Å². The van der Waals surface area contributed by atoms with Crippen LogP contribution in [0.5, 0.6) is 0 Å². The molecule has 0 fully saturated rings. The van der Waals surface area contributed by atoms with Gasteiger partial charge in [0.15, 0.2) is 0 Å². The minimum Gasteiger partial charge on any atom is -0.387 e. The molecule has 0 bridgehead atoms. The lowest BCUT2D eigenvalue weighted by Crippen LogP contribution is -2.13. The highest BCUT2D eigenvalue weighted by molar-refractivity contribution is 7.07. The first-order valence-electron chi connectivity index (χ1n) is 5.80. The Bertz CT molecular complexity index is 475. The molecule has 18 heavy (non-hydrogen) atoms. The number of anilines is 2. The Morgan fingerprint density at radius 2 is 2.28 bits per heavy atom. The third kappa shape index (κ3) is 3.41. The first-order valence-corrected chi connectivity index (χ1v) is 6.75. The largest absolute Gasteiger partial charge is 0.387 e. The zero-order valence-electron chi connectivity index (χ0n) is 10.1. The Morgan fingerprint density at radius 1 is 1.39 bits per heavy atom. The normalized spacial score (nSPS) is 12.1. The van der Waals surface area contributed by atoms with Crippen molar-refractivity contribution in [3.05, 3.63) is 34.7 Å². The molecule has 0 amide bonds. The molecule has 0 radical (unpaired) electrons. The van der Waals surface area contributed by atoms with E-state index in [-0.39, 0.29) is 0 Å². The van der Waals surface area contributed by atoms with Gasteiger partial charge in [0.2, 0.25) is 5.95 Å². The van der Waals surface area contributed by atoms with Crippen molar-refractivity contribution in [3.63, 3.8) is 0 Å². The second-order valence-corrected chi connectivity index (χ2v) is 4.53. The molecule has 0 spiro atoms. The van der Waals surface area contributed by atoms with Crippen LogP contribution in [-0.2, 0) is 0 Å². The summed E-state index contributed by atoms with van der Waals surface area (Å²) in [6.07, 6.45) is 1.17. The molecule has 1 unspecified atom stereocenters. The third-order valence-electron chi connectivity index (χ3n) is 2.39. The van der Waals surface area contributed by atoms with Gasteiger partial charge in [-0.25, -0.2) is 4.98 Å². The topological polar surface area (TPSA) is 70.1 Å². The highest BCUT2D eigenvalue weighted by Gasteiger charge is 2.07. The lowest BCUT2D eigenvalue weighted by Gasteiger charge is -2.11. The Morgan fingerprint density at radius 3 is 3.00 bits per heavy atom. The van der Waals surface area contributed by atoms with Gasteiger partial charge >= 0.3 is 0 Å². The Balaban J connectivity index is 1.91. The number of aliphatic hydroxyl groups is 1. The molecule has 5 nitrogen and oxygen atoms in total. The number of nitrogens with zero attached hydrogens (tertiary/aromatic N) is 2. The second-order valence-electron chi connectivity index (χ2n) is 3.75. The predicted octanol–water partition coefficient (Wildman–Crippen LogP) is 2.12. The third-order valence-corrected chi connectivity index (χ3v) is 3.10. The van der Waals surface area contributed by atoms with Gasteiger partial charge in [-0.3, -0.25) is 0 Å². The standard InChI is InChI=1S/C12H16N4OS/c1-2-13-12-14-5-3-11(16-12)15-7-10(17)9-4-6-18-8-9/h3-6,8,10,17H,2,7H2,1H3,(H2,13,14,15,16). The van der Waals surface area contributed by atoms with Gasteiger partial charge in [0.25, 0.3) is 0 Å². The quantitative estimate of drug-likeness (QED) is 0.745. The molecule has 6 heteroatoms. The van der Waals surface area contributed by atoms with Gasteiger partial charge in [0, 0.05) is 19.3 Å². The van der Waals surface area contributed by atoms with E-state index in [4.69, 9.17) is 0 Å². The highest BCUT2D eigenvalue weighted by atomic mass is 32.1. The average Bonchev–Trinajstić information content (AvgIpc) is 2.91. The van der Waals surface area contributed by atoms with E-state index in [2.05, 4.69) is 20.6 Å². The van der Waals surface area contributed by atoms with Crippen molar-refractivity contribution in [1.82, 2.24) is 9.97 Å². The van der Waals surface area contributed by atoms with Gasteiger partial charge in [-0.2, -0.15) is 16.3 Å². The molecule has 0 aliphatic carbocycles. The van der Waals surface area contributed by atoms with Crippen molar-refractivity contribution >= 4 is 23.1 Å². The lowest BCUT2D eigenvalue weighted by atomic mass is 10.2. The molecule has 3 N–H and O–H groups in total. The molecule has 1 atom stereocenters. The fourth-order valence-corrected chi connectivity index (χ4v) is 2.19. The van der Waals surface area contributed by atoms with Crippen molar-refractivity contribution in [2.75, 3.05) is 23.7 Å². The lowest BCUT2D eigenvalue weighted by molar-refractivity contribution is 0.192. The maximum Gasteiger partial charge on any atom is 0.224 e. The number of aromatic nitrogens is 2. The number of thiophene rings is 1. The maximum absolute atomic E-state index is 9.93. The van der Waals surface area contributed by atoms with Gasteiger partial charge in [-0.1, -0.05) is 0 Å². The van der Waals surface area contributed by atoms with Crippen LogP contribution in [0.2, 0.25) is 0 Å². The number of nitrogens with one attached hydrogen (secondary N) is 2. The average molecular weight is 264 g/mol. The van der Waals surface area contributed by atoms with Crippen molar-refractivity contribution < 1.29 is 5.11 Å². The monoisotopic (exact) mass is 264 g/mol. The van der Waals surface area contributed by atoms with E-state index in [1.165, 1.54) is 0 Å². The van der Waals surface area contributed by atoms with E-state index < -0.39 is 6.10 Å². The van der Waals surface area contributed by atoms with Gasteiger partial charge in [-0.05, 0) is 35.4 Å². The smallest absolute Gasteiger partial charge is 0.224 e. The number of hydrogen-bond acceptors (Lipinski definition) is 6. The van der Waals surface area contributed by atoms with Crippen LogP contribution in [0.3, 0.4) is 0 Å². The summed E-state index contributed by atoms with van der Waals surface area (Å²) in [4.78, 5) is 8.36. The predicted molar refractivity (Wildman–Crippen MR) is 74.0 cm³/mol. The Labute approximate surface area is 110 Å². The van der Waals surface area contributed by atoms with E-state index >= 15 is 0 Å². The van der Waals surface area contributed by atoms with Crippen LogP contribution in [0.15, 0.2) is 29.1 Å². The summed E-state index contributed by atoms with van der Waals surface area (Å²) in [6, 6.07) is 3.70. The number of aliphatic hydroxyl groups excluding tert-OH is 1. The van der Waals surface area contributed by atoms with Gasteiger partial charge < -0.3 is 15.7 Å². The molecule has 96 valence electrons. The maximum atomic E-state index is 9.93. The summed E-state index contributed by atoms with van der Waals surface area (Å²) < 4.78 is 0. The van der Waals surface area contributed by atoms with Crippen LogP contribution >= 0.6 is 11.3 Å². The van der Waals surface area contributed by atoms with Crippen molar-refractivity contribution in [3.8, 4) is 0 Å². The summed E-state index contributed by atoms with van der Waals surface area (Å²) in [7, 11) is 0. The first-order chi connectivity index (χ1) is 8.79. The van der Waals surface area contributed by atoms with E-state index in [1.807, 2.05) is 23.8 Å². The number of rotatable bonds is 6. The number of hydrogen-bond donors (Lipinski definition) is 3. The first kappa shape index (κ1) is 12.8. The minimum absolute atomic E-state index is 0.430. The van der Waals surface area contributed by atoms with Crippen LogP contribution in [0.25, 0.3) is 0 Å². The molecule has 0 aliphatic heterocycles. The van der Waals surface area contributed by atoms with Gasteiger partial charge in [-0.15, -0.1) is 0 Å². The summed E-state index contributed by atoms with van der Waals surface area (Å²) in [6.45, 7) is 3.20. The van der Waals surface area contributed by atoms with Crippen LogP contribution in [-0.4, -0.2) is 28.2 Å². The summed E-state index contributed by atoms with van der Waals surface area (Å²) in [5.74, 6) is 1.29. The molecule has 2 rings (SSSR count). The summed E-state index contributed by atoms with van der Waals surface area (Å²) in [5, 5.41) is 20.0. The zero-order chi connectivity index (χ0) is 12.8. The molecule has 2 aromatic rings. The van der Waals surface area contributed by atoms with Crippen LogP contribution in [0, 0.1) is 0 Å². The van der Waals surface area contributed by atoms with E-state index in [1.54, 1.807) is 23.6 Å². The Kier molecular flexibility index (Phi) is 4.49.